The van der Waals surface area contributed by atoms with E-state index in [2.05, 4.69) is 65.5 Å². The topological polar surface area (TPSA) is 67.2 Å². The fourth-order valence-electron chi connectivity index (χ4n) is 2.06. The summed E-state index contributed by atoms with van der Waals surface area (Å²) in [5.41, 5.74) is 3.06. The van der Waals surface area contributed by atoms with Crippen LogP contribution in [0.2, 0.25) is 5.15 Å². The molecule has 0 atom stereocenters. The molecule has 116 valence electrons. The molecule has 6 heteroatoms. The third-order valence-corrected chi connectivity index (χ3v) is 3.72. The van der Waals surface area contributed by atoms with Gasteiger partial charge < -0.3 is 5.32 Å². The van der Waals surface area contributed by atoms with Crippen molar-refractivity contribution >= 4 is 17.4 Å². The van der Waals surface area contributed by atoms with Crippen LogP contribution in [0.25, 0.3) is 0 Å². The lowest BCUT2D eigenvalue weighted by Gasteiger charge is -2.19. The van der Waals surface area contributed by atoms with Crippen molar-refractivity contribution in [2.45, 2.75) is 39.3 Å². The molecule has 0 aliphatic heterocycles. The maximum Gasteiger partial charge on any atom is 0.139 e. The van der Waals surface area contributed by atoms with E-state index >= 15 is 0 Å². The van der Waals surface area contributed by atoms with Crippen LogP contribution < -0.4 is 5.32 Å². The van der Waals surface area contributed by atoms with Crippen LogP contribution in [0.15, 0.2) is 35.8 Å². The second-order valence-corrected chi connectivity index (χ2v) is 6.44. The molecule has 0 saturated heterocycles. The molecule has 1 aromatic heterocycles. The lowest BCUT2D eigenvalue weighted by atomic mass is 9.87. The molecule has 0 bridgehead atoms. The normalized spacial score (nSPS) is 11.3. The molecule has 0 spiro atoms. The molecule has 0 radical (unpaired) electrons. The molecule has 0 aliphatic carbocycles. The first-order chi connectivity index (χ1) is 10.4. The Morgan fingerprint density at radius 1 is 1.18 bits per heavy atom. The number of aromatic nitrogens is 2. The van der Waals surface area contributed by atoms with Crippen LogP contribution >= 0.6 is 11.6 Å². The number of hydrogen-bond acceptors (Lipinski definition) is 5. The van der Waals surface area contributed by atoms with E-state index in [0.29, 0.717) is 17.9 Å². The molecule has 2 aromatic rings. The van der Waals surface area contributed by atoms with Crippen molar-refractivity contribution in [1.29, 1.82) is 0 Å². The second-order valence-electron chi connectivity index (χ2n) is 6.08. The van der Waals surface area contributed by atoms with Crippen molar-refractivity contribution in [1.82, 2.24) is 9.97 Å². The van der Waals surface area contributed by atoms with E-state index in [1.165, 1.54) is 11.9 Å². The molecule has 1 heterocycles. The highest BCUT2D eigenvalue weighted by molar-refractivity contribution is 6.30. The summed E-state index contributed by atoms with van der Waals surface area (Å²) in [6.45, 7) is 7.08. The quantitative estimate of drug-likeness (QED) is 0.659. The van der Waals surface area contributed by atoms with E-state index in [-0.39, 0.29) is 17.1 Å². The minimum absolute atomic E-state index is 0.0506. The minimum atomic E-state index is -0.0506. The van der Waals surface area contributed by atoms with E-state index in [0.717, 1.165) is 5.56 Å². The zero-order chi connectivity index (χ0) is 16.2. The Morgan fingerprint density at radius 2 is 1.86 bits per heavy atom. The lowest BCUT2D eigenvalue weighted by Crippen LogP contribution is -2.11. The number of nitrogens with zero attached hydrogens (tertiary/aromatic N) is 3. The van der Waals surface area contributed by atoms with E-state index in [1.807, 2.05) is 0 Å². The van der Waals surface area contributed by atoms with E-state index < -0.39 is 0 Å². The van der Waals surface area contributed by atoms with Crippen LogP contribution in [0.5, 0.6) is 0 Å². The summed E-state index contributed by atoms with van der Waals surface area (Å²) >= 11 is 5.97. The SMILES string of the molecule is CC(C)(C)c1ccc(CNc2ncnc(Cl)c2CN=O)cc1. The molecule has 22 heavy (non-hydrogen) atoms. The van der Waals surface area contributed by atoms with Crippen molar-refractivity contribution < 1.29 is 0 Å². The summed E-state index contributed by atoms with van der Waals surface area (Å²) in [7, 11) is 0. The van der Waals surface area contributed by atoms with Crippen LogP contribution in [0, 0.1) is 4.91 Å². The molecule has 0 fully saturated rings. The van der Waals surface area contributed by atoms with Gasteiger partial charge in [-0.15, -0.1) is 0 Å². The van der Waals surface area contributed by atoms with Gasteiger partial charge in [0.2, 0.25) is 0 Å². The number of halogens is 1. The maximum absolute atomic E-state index is 10.5. The molecule has 0 amide bonds. The Hall–Kier alpha value is -2.01. The highest BCUT2D eigenvalue weighted by Gasteiger charge is 2.13. The van der Waals surface area contributed by atoms with E-state index in [4.69, 9.17) is 11.6 Å². The fraction of sp³-hybridized carbons (Fsp3) is 0.375. The third-order valence-electron chi connectivity index (χ3n) is 3.40. The molecule has 0 saturated carbocycles. The molecule has 2 rings (SSSR count). The number of nitroso groups, excluding NO2 is 1. The Balaban J connectivity index is 2.10. The van der Waals surface area contributed by atoms with Crippen molar-refractivity contribution in [2.24, 2.45) is 5.18 Å². The summed E-state index contributed by atoms with van der Waals surface area (Å²) in [6.07, 6.45) is 1.36. The second kappa shape index (κ2) is 6.83. The van der Waals surface area contributed by atoms with Crippen molar-refractivity contribution in [3.8, 4) is 0 Å². The maximum atomic E-state index is 10.5. The zero-order valence-corrected chi connectivity index (χ0v) is 13.7. The van der Waals surface area contributed by atoms with E-state index in [1.54, 1.807) is 0 Å². The summed E-state index contributed by atoms with van der Waals surface area (Å²) in [5, 5.41) is 6.30. The first kappa shape index (κ1) is 16.4. The predicted octanol–water partition coefficient (Wildman–Crippen LogP) is 4.31. The standard InChI is InChI=1S/C16H19ClN4O/c1-16(2,3)12-6-4-11(5-7-12)8-18-15-13(9-21-22)14(17)19-10-20-15/h4-7,10H,8-9H2,1-3H3,(H,18,19,20). The average molecular weight is 319 g/mol. The number of rotatable bonds is 5. The van der Waals surface area contributed by atoms with Gasteiger partial charge in [-0.3, -0.25) is 0 Å². The van der Waals surface area contributed by atoms with Crippen molar-refractivity contribution in [3.05, 3.63) is 57.3 Å². The van der Waals surface area contributed by atoms with E-state index in [9.17, 15) is 4.91 Å². The van der Waals surface area contributed by atoms with Gasteiger partial charge in [-0.1, -0.05) is 61.8 Å². The van der Waals surface area contributed by atoms with Crippen molar-refractivity contribution in [3.63, 3.8) is 0 Å². The molecule has 1 N–H and O–H groups in total. The first-order valence-electron chi connectivity index (χ1n) is 7.03. The lowest BCUT2D eigenvalue weighted by molar-refractivity contribution is 0.590. The largest absolute Gasteiger partial charge is 0.366 e. The minimum Gasteiger partial charge on any atom is -0.366 e. The van der Waals surface area contributed by atoms with Gasteiger partial charge in [-0.05, 0) is 16.5 Å². The number of anilines is 1. The number of nitrogens with one attached hydrogen (secondary N) is 1. The highest BCUT2D eigenvalue weighted by Crippen LogP contribution is 2.23. The van der Waals surface area contributed by atoms with Gasteiger partial charge in [0.1, 0.15) is 23.8 Å². The smallest absolute Gasteiger partial charge is 0.139 e. The molecule has 0 unspecified atom stereocenters. The summed E-state index contributed by atoms with van der Waals surface area (Å²) in [4.78, 5) is 18.5. The average Bonchev–Trinajstić information content (AvgIpc) is 2.47. The van der Waals surface area contributed by atoms with Gasteiger partial charge in [0.05, 0.1) is 5.56 Å². The monoisotopic (exact) mass is 318 g/mol. The Bertz CT molecular complexity index is 650. The van der Waals surface area contributed by atoms with Gasteiger partial charge in [0.25, 0.3) is 0 Å². The first-order valence-corrected chi connectivity index (χ1v) is 7.41. The van der Waals surface area contributed by atoms with Crippen LogP contribution in [-0.2, 0) is 18.5 Å². The zero-order valence-electron chi connectivity index (χ0n) is 12.9. The van der Waals surface area contributed by atoms with Crippen LogP contribution in [-0.4, -0.2) is 9.97 Å². The molecule has 5 nitrogen and oxygen atoms in total. The summed E-state index contributed by atoms with van der Waals surface area (Å²) in [6, 6.07) is 8.40. The Morgan fingerprint density at radius 3 is 2.45 bits per heavy atom. The van der Waals surface area contributed by atoms with Gasteiger partial charge in [-0.2, -0.15) is 4.91 Å². The van der Waals surface area contributed by atoms with Gasteiger partial charge >= 0.3 is 0 Å². The summed E-state index contributed by atoms with van der Waals surface area (Å²) < 4.78 is 0. The Labute approximate surface area is 135 Å². The fourth-order valence-corrected chi connectivity index (χ4v) is 2.25. The highest BCUT2D eigenvalue weighted by atomic mass is 35.5. The predicted molar refractivity (Wildman–Crippen MR) is 89.0 cm³/mol. The Kier molecular flexibility index (Phi) is 5.08. The number of benzene rings is 1. The molecule has 1 aromatic carbocycles. The van der Waals surface area contributed by atoms with Crippen LogP contribution in [0.1, 0.15) is 37.5 Å². The molecular formula is C16H19ClN4O. The van der Waals surface area contributed by atoms with Gasteiger partial charge in [0, 0.05) is 6.54 Å². The van der Waals surface area contributed by atoms with Gasteiger partial charge in [-0.25, -0.2) is 9.97 Å². The van der Waals surface area contributed by atoms with Crippen molar-refractivity contribution in [2.75, 3.05) is 5.32 Å². The third kappa shape index (κ3) is 4.01. The van der Waals surface area contributed by atoms with Crippen LogP contribution in [0.4, 0.5) is 5.82 Å². The summed E-state index contributed by atoms with van der Waals surface area (Å²) in [5.74, 6) is 0.541. The van der Waals surface area contributed by atoms with Gasteiger partial charge in [0.15, 0.2) is 0 Å². The molecule has 0 aliphatic rings. The van der Waals surface area contributed by atoms with Crippen LogP contribution in [0.3, 0.4) is 0 Å². The number of hydrogen-bond donors (Lipinski definition) is 1. The molecular weight excluding hydrogens is 300 g/mol.